The van der Waals surface area contributed by atoms with Crippen LogP contribution in [0.25, 0.3) is 0 Å². The van der Waals surface area contributed by atoms with Crippen LogP contribution in [0, 0.1) is 10.1 Å². The quantitative estimate of drug-likeness (QED) is 0.539. The number of hydrogen-bond acceptors (Lipinski definition) is 4. The van der Waals surface area contributed by atoms with E-state index in [1.54, 1.807) is 12.1 Å². The van der Waals surface area contributed by atoms with Gasteiger partial charge in [0, 0.05) is 12.1 Å². The average Bonchev–Trinajstić information content (AvgIpc) is 2.05. The molecule has 1 aromatic rings. The lowest BCUT2D eigenvalue weighted by Gasteiger charge is -1.97. The molecule has 0 bridgehead atoms. The second kappa shape index (κ2) is 3.80. The molecule has 0 aliphatic heterocycles. The molecule has 0 spiro atoms. The first-order valence-corrected chi connectivity index (χ1v) is 3.29. The summed E-state index contributed by atoms with van der Waals surface area (Å²) in [6.45, 7) is 0.182. The summed E-state index contributed by atoms with van der Waals surface area (Å²) in [5, 5.41) is 10.3. The number of non-ortho nitro benzene ring substituents is 1. The predicted molar refractivity (Wildman–Crippen MR) is 42.1 cm³/mol. The van der Waals surface area contributed by atoms with Gasteiger partial charge in [-0.3, -0.25) is 15.0 Å². The summed E-state index contributed by atoms with van der Waals surface area (Å²) in [6, 6.07) is 6.14. The number of nitro benzene ring substituents is 1. The van der Waals surface area contributed by atoms with E-state index in [1.165, 1.54) is 12.1 Å². The number of nitrogens with two attached hydrogens (primary N) is 1. The van der Waals surface area contributed by atoms with Gasteiger partial charge in [-0.05, 0) is 5.56 Å². The zero-order valence-corrected chi connectivity index (χ0v) is 6.27. The molecule has 0 radical (unpaired) electrons. The van der Waals surface area contributed by atoms with Crippen LogP contribution in [-0.4, -0.2) is 4.92 Å². The Hall–Kier alpha value is -1.46. The van der Waals surface area contributed by atoms with Crippen LogP contribution in [0.1, 0.15) is 5.56 Å². The molecule has 0 aliphatic rings. The molecule has 2 N–H and O–H groups in total. The lowest BCUT2D eigenvalue weighted by Crippen LogP contribution is -1.99. The van der Waals surface area contributed by atoms with Gasteiger partial charge in [-0.2, -0.15) is 0 Å². The van der Waals surface area contributed by atoms with Crippen molar-refractivity contribution < 1.29 is 9.76 Å². The van der Waals surface area contributed by atoms with Crippen LogP contribution in [0.15, 0.2) is 24.3 Å². The van der Waals surface area contributed by atoms with Crippen molar-refractivity contribution in [1.82, 2.24) is 0 Å². The molecule has 64 valence electrons. The minimum Gasteiger partial charge on any atom is -0.300 e. The maximum absolute atomic E-state index is 10.3. The summed E-state index contributed by atoms with van der Waals surface area (Å²) in [7, 11) is 0. The van der Waals surface area contributed by atoms with Gasteiger partial charge in [-0.15, -0.1) is 0 Å². The fraction of sp³-hybridized carbons (Fsp3) is 0.143. The number of rotatable bonds is 3. The molecule has 0 fully saturated rings. The smallest absolute Gasteiger partial charge is 0.269 e. The van der Waals surface area contributed by atoms with Crippen LogP contribution < -0.4 is 5.90 Å². The highest BCUT2D eigenvalue weighted by Gasteiger charge is 2.04. The van der Waals surface area contributed by atoms with Gasteiger partial charge in [0.25, 0.3) is 5.69 Å². The Morgan fingerprint density at radius 1 is 1.58 bits per heavy atom. The normalized spacial score (nSPS) is 9.75. The van der Waals surface area contributed by atoms with Crippen molar-refractivity contribution in [3.63, 3.8) is 0 Å². The van der Waals surface area contributed by atoms with E-state index in [2.05, 4.69) is 4.84 Å². The third kappa shape index (κ3) is 2.01. The van der Waals surface area contributed by atoms with Gasteiger partial charge >= 0.3 is 0 Å². The lowest BCUT2D eigenvalue weighted by atomic mass is 10.2. The Balaban J connectivity index is 2.88. The van der Waals surface area contributed by atoms with Crippen molar-refractivity contribution in [2.75, 3.05) is 0 Å². The molecule has 0 atom stereocenters. The Kier molecular flexibility index (Phi) is 2.73. The van der Waals surface area contributed by atoms with E-state index in [9.17, 15) is 10.1 Å². The zero-order chi connectivity index (χ0) is 8.97. The van der Waals surface area contributed by atoms with E-state index >= 15 is 0 Å². The van der Waals surface area contributed by atoms with Gasteiger partial charge in [0.1, 0.15) is 0 Å². The molecular formula is C7H8N2O3. The van der Waals surface area contributed by atoms with E-state index < -0.39 is 4.92 Å². The first-order valence-electron chi connectivity index (χ1n) is 3.29. The van der Waals surface area contributed by atoms with E-state index in [4.69, 9.17) is 5.90 Å². The van der Waals surface area contributed by atoms with Gasteiger partial charge in [-0.1, -0.05) is 12.1 Å². The summed E-state index contributed by atoms with van der Waals surface area (Å²) in [5.41, 5.74) is 0.733. The van der Waals surface area contributed by atoms with Crippen LogP contribution in [0.4, 0.5) is 5.69 Å². The van der Waals surface area contributed by atoms with Crippen molar-refractivity contribution in [2.45, 2.75) is 6.61 Å². The molecule has 12 heavy (non-hydrogen) atoms. The Morgan fingerprint density at radius 3 is 2.92 bits per heavy atom. The molecule has 0 saturated heterocycles. The Bertz CT molecular complexity index is 288. The van der Waals surface area contributed by atoms with Gasteiger partial charge in [0.05, 0.1) is 11.5 Å². The van der Waals surface area contributed by atoms with Crippen LogP contribution in [-0.2, 0) is 11.4 Å². The summed E-state index contributed by atoms with van der Waals surface area (Å²) >= 11 is 0. The number of benzene rings is 1. The molecule has 0 aliphatic carbocycles. The average molecular weight is 168 g/mol. The van der Waals surface area contributed by atoms with Crippen molar-refractivity contribution in [3.05, 3.63) is 39.9 Å². The minimum absolute atomic E-state index is 0.0459. The molecule has 1 rings (SSSR count). The Labute approximate surface area is 68.9 Å². The highest BCUT2D eigenvalue weighted by Crippen LogP contribution is 2.12. The van der Waals surface area contributed by atoms with Gasteiger partial charge in [0.2, 0.25) is 0 Å². The fourth-order valence-electron chi connectivity index (χ4n) is 0.856. The molecular weight excluding hydrogens is 160 g/mol. The molecule has 1 aromatic carbocycles. The molecule has 0 aromatic heterocycles. The van der Waals surface area contributed by atoms with Gasteiger partial charge < -0.3 is 0 Å². The topological polar surface area (TPSA) is 78.4 Å². The highest BCUT2D eigenvalue weighted by molar-refractivity contribution is 5.33. The van der Waals surface area contributed by atoms with E-state index in [1.807, 2.05) is 0 Å². The maximum atomic E-state index is 10.3. The van der Waals surface area contributed by atoms with E-state index in [0.29, 0.717) is 5.56 Å². The van der Waals surface area contributed by atoms with E-state index in [-0.39, 0.29) is 12.3 Å². The fourth-order valence-corrected chi connectivity index (χ4v) is 0.856. The second-order valence-electron chi connectivity index (χ2n) is 2.24. The number of nitro groups is 1. The number of nitrogens with zero attached hydrogens (tertiary/aromatic N) is 1. The number of hydrogen-bond donors (Lipinski definition) is 1. The van der Waals surface area contributed by atoms with E-state index in [0.717, 1.165) is 0 Å². The zero-order valence-electron chi connectivity index (χ0n) is 6.27. The molecule has 0 heterocycles. The van der Waals surface area contributed by atoms with Crippen LogP contribution in [0.2, 0.25) is 0 Å². The van der Waals surface area contributed by atoms with Crippen molar-refractivity contribution in [1.29, 1.82) is 0 Å². The molecule has 0 amide bonds. The summed E-state index contributed by atoms with van der Waals surface area (Å²) < 4.78 is 0. The summed E-state index contributed by atoms with van der Waals surface area (Å²) in [5.74, 6) is 4.82. The minimum atomic E-state index is -0.458. The third-order valence-electron chi connectivity index (χ3n) is 1.37. The third-order valence-corrected chi connectivity index (χ3v) is 1.37. The van der Waals surface area contributed by atoms with Crippen molar-refractivity contribution in [3.8, 4) is 0 Å². The van der Waals surface area contributed by atoms with Gasteiger partial charge in [-0.25, -0.2) is 5.90 Å². The van der Waals surface area contributed by atoms with Crippen LogP contribution in [0.5, 0.6) is 0 Å². The molecule has 0 unspecified atom stereocenters. The van der Waals surface area contributed by atoms with Crippen LogP contribution in [0.3, 0.4) is 0 Å². The summed E-state index contributed by atoms with van der Waals surface area (Å²) in [6.07, 6.45) is 0. The monoisotopic (exact) mass is 168 g/mol. The van der Waals surface area contributed by atoms with Crippen LogP contribution >= 0.6 is 0 Å². The Morgan fingerprint density at radius 2 is 2.33 bits per heavy atom. The maximum Gasteiger partial charge on any atom is 0.269 e. The van der Waals surface area contributed by atoms with Crippen molar-refractivity contribution >= 4 is 5.69 Å². The standard InChI is InChI=1S/C7H8N2O3/c8-12-5-6-2-1-3-7(4-6)9(10)11/h1-4H,5,8H2. The van der Waals surface area contributed by atoms with Crippen molar-refractivity contribution in [2.24, 2.45) is 5.90 Å². The first-order chi connectivity index (χ1) is 5.74. The molecule has 5 nitrogen and oxygen atoms in total. The predicted octanol–water partition coefficient (Wildman–Crippen LogP) is 0.985. The second-order valence-corrected chi connectivity index (χ2v) is 2.24. The largest absolute Gasteiger partial charge is 0.300 e. The highest BCUT2D eigenvalue weighted by atomic mass is 16.6. The molecule has 5 heteroatoms. The first kappa shape index (κ1) is 8.63. The lowest BCUT2D eigenvalue weighted by molar-refractivity contribution is -0.384. The SMILES string of the molecule is NOCc1cccc([N+](=O)[O-])c1. The van der Waals surface area contributed by atoms with Gasteiger partial charge in [0.15, 0.2) is 0 Å². The molecule has 0 saturated carbocycles. The summed E-state index contributed by atoms with van der Waals surface area (Å²) in [4.78, 5) is 14.2.